The summed E-state index contributed by atoms with van der Waals surface area (Å²) >= 11 is 0. The summed E-state index contributed by atoms with van der Waals surface area (Å²) in [4.78, 5) is 11.2. The zero-order chi connectivity index (χ0) is 10.2. The number of nitrogens with zero attached hydrogens (tertiary/aromatic N) is 2. The Morgan fingerprint density at radius 2 is 1.86 bits per heavy atom. The predicted octanol–water partition coefficient (Wildman–Crippen LogP) is 0.936. The Morgan fingerprint density at radius 1 is 1.21 bits per heavy atom. The van der Waals surface area contributed by atoms with Gasteiger partial charge in [-0.2, -0.15) is 0 Å². The van der Waals surface area contributed by atoms with E-state index in [0.717, 1.165) is 32.5 Å². The molecule has 4 heteroatoms. The van der Waals surface area contributed by atoms with Crippen LogP contribution in [0.1, 0.15) is 32.6 Å². The Bertz CT molecular complexity index is 238. The summed E-state index contributed by atoms with van der Waals surface area (Å²) in [5.74, 6) is -0.679. The van der Waals surface area contributed by atoms with Gasteiger partial charge >= 0.3 is 5.97 Å². The third-order valence-corrected chi connectivity index (χ3v) is 3.49. The number of aliphatic carboxylic acids is 1. The Morgan fingerprint density at radius 3 is 2.43 bits per heavy atom. The molecule has 0 aromatic rings. The van der Waals surface area contributed by atoms with Crippen molar-refractivity contribution in [3.63, 3.8) is 0 Å². The summed E-state index contributed by atoms with van der Waals surface area (Å²) in [6, 6.07) is 0. The van der Waals surface area contributed by atoms with E-state index < -0.39 is 11.5 Å². The van der Waals surface area contributed by atoms with Crippen molar-refractivity contribution in [1.82, 2.24) is 10.0 Å². The third-order valence-electron chi connectivity index (χ3n) is 3.49. The maximum absolute atomic E-state index is 11.2. The lowest BCUT2D eigenvalue weighted by molar-refractivity contribution is -0.160. The van der Waals surface area contributed by atoms with Crippen molar-refractivity contribution in [3.05, 3.63) is 0 Å². The van der Waals surface area contributed by atoms with E-state index in [1.54, 1.807) is 0 Å². The van der Waals surface area contributed by atoms with Crippen LogP contribution < -0.4 is 0 Å². The molecule has 0 saturated carbocycles. The van der Waals surface area contributed by atoms with E-state index in [1.807, 2.05) is 6.92 Å². The molecule has 2 rings (SSSR count). The van der Waals surface area contributed by atoms with Gasteiger partial charge in [-0.3, -0.25) is 4.79 Å². The number of rotatable bonds is 2. The van der Waals surface area contributed by atoms with Crippen LogP contribution in [0.15, 0.2) is 0 Å². The minimum absolute atomic E-state index is 0.648. The molecule has 14 heavy (non-hydrogen) atoms. The van der Waals surface area contributed by atoms with Crippen molar-refractivity contribution < 1.29 is 9.90 Å². The van der Waals surface area contributed by atoms with E-state index in [4.69, 9.17) is 0 Å². The van der Waals surface area contributed by atoms with Gasteiger partial charge in [-0.05, 0) is 32.6 Å². The topological polar surface area (TPSA) is 43.8 Å². The molecule has 0 bridgehead atoms. The molecule has 0 radical (unpaired) electrons. The third kappa shape index (κ3) is 1.42. The van der Waals surface area contributed by atoms with Gasteiger partial charge in [0.15, 0.2) is 0 Å². The lowest BCUT2D eigenvalue weighted by atomic mass is 10.0. The molecular formula is C10H18N2O2. The lowest BCUT2D eigenvalue weighted by Gasteiger charge is -2.37. The molecule has 2 aliphatic heterocycles. The highest BCUT2D eigenvalue weighted by atomic mass is 16.4. The van der Waals surface area contributed by atoms with Gasteiger partial charge in [-0.25, -0.2) is 10.0 Å². The second-order valence-electron chi connectivity index (χ2n) is 4.47. The summed E-state index contributed by atoms with van der Waals surface area (Å²) in [5.41, 5.74) is -0.648. The average Bonchev–Trinajstić information content (AvgIpc) is 2.72. The molecule has 0 spiro atoms. The second-order valence-corrected chi connectivity index (χ2v) is 4.47. The van der Waals surface area contributed by atoms with Crippen LogP contribution in [0.25, 0.3) is 0 Å². The van der Waals surface area contributed by atoms with E-state index in [9.17, 15) is 9.90 Å². The van der Waals surface area contributed by atoms with Crippen LogP contribution in [0.3, 0.4) is 0 Å². The van der Waals surface area contributed by atoms with E-state index >= 15 is 0 Å². The van der Waals surface area contributed by atoms with Crippen LogP contribution in [0.4, 0.5) is 0 Å². The van der Waals surface area contributed by atoms with Gasteiger partial charge in [0, 0.05) is 19.6 Å². The van der Waals surface area contributed by atoms with E-state index in [-0.39, 0.29) is 0 Å². The van der Waals surface area contributed by atoms with Gasteiger partial charge < -0.3 is 5.11 Å². The molecule has 0 aliphatic carbocycles. The molecule has 0 unspecified atom stereocenters. The quantitative estimate of drug-likeness (QED) is 0.717. The smallest absolute Gasteiger partial charge is 0.325 e. The molecule has 0 aromatic heterocycles. The predicted molar refractivity (Wildman–Crippen MR) is 52.8 cm³/mol. The Kier molecular flexibility index (Phi) is 2.49. The van der Waals surface area contributed by atoms with Crippen molar-refractivity contribution in [3.8, 4) is 0 Å². The molecule has 0 aromatic carbocycles. The first-order chi connectivity index (χ1) is 6.64. The van der Waals surface area contributed by atoms with Crippen molar-refractivity contribution in [2.24, 2.45) is 0 Å². The molecule has 1 atom stereocenters. The van der Waals surface area contributed by atoms with Gasteiger partial charge in [-0.15, -0.1) is 0 Å². The molecule has 0 amide bonds. The van der Waals surface area contributed by atoms with Gasteiger partial charge in [0.05, 0.1) is 0 Å². The highest BCUT2D eigenvalue weighted by Crippen LogP contribution is 2.32. The van der Waals surface area contributed by atoms with Crippen LogP contribution in [0.5, 0.6) is 0 Å². The largest absolute Gasteiger partial charge is 0.480 e. The fraction of sp³-hybridized carbons (Fsp3) is 0.900. The Hall–Kier alpha value is -0.610. The van der Waals surface area contributed by atoms with E-state index in [1.165, 1.54) is 12.8 Å². The summed E-state index contributed by atoms with van der Waals surface area (Å²) in [7, 11) is 0. The molecule has 4 nitrogen and oxygen atoms in total. The fourth-order valence-corrected chi connectivity index (χ4v) is 2.56. The van der Waals surface area contributed by atoms with Crippen molar-refractivity contribution in [1.29, 1.82) is 0 Å². The zero-order valence-corrected chi connectivity index (χ0v) is 8.70. The first-order valence-corrected chi connectivity index (χ1v) is 5.40. The number of hydrogen-bond acceptors (Lipinski definition) is 3. The Labute approximate surface area is 84.5 Å². The SMILES string of the molecule is C[C@]1(C(=O)O)CCCN1N1CCCC1. The summed E-state index contributed by atoms with van der Waals surface area (Å²) in [6.07, 6.45) is 4.18. The molecule has 80 valence electrons. The highest BCUT2D eigenvalue weighted by molar-refractivity contribution is 5.78. The lowest BCUT2D eigenvalue weighted by Crippen LogP contribution is -2.55. The molecular weight excluding hydrogens is 180 g/mol. The molecule has 2 fully saturated rings. The van der Waals surface area contributed by atoms with Gasteiger partial charge in [0.2, 0.25) is 0 Å². The molecule has 1 N–H and O–H groups in total. The van der Waals surface area contributed by atoms with Crippen molar-refractivity contribution in [2.45, 2.75) is 38.1 Å². The first-order valence-electron chi connectivity index (χ1n) is 5.40. The van der Waals surface area contributed by atoms with Crippen LogP contribution in [-0.2, 0) is 4.79 Å². The van der Waals surface area contributed by atoms with Gasteiger partial charge in [-0.1, -0.05) is 0 Å². The highest BCUT2D eigenvalue weighted by Gasteiger charge is 2.46. The van der Waals surface area contributed by atoms with Crippen molar-refractivity contribution in [2.75, 3.05) is 19.6 Å². The monoisotopic (exact) mass is 198 g/mol. The maximum atomic E-state index is 11.2. The average molecular weight is 198 g/mol. The van der Waals surface area contributed by atoms with E-state index in [0.29, 0.717) is 0 Å². The summed E-state index contributed by atoms with van der Waals surface area (Å²) < 4.78 is 0. The standard InChI is InChI=1S/C10H18N2O2/c1-10(9(13)14)5-4-8-12(10)11-6-2-3-7-11/h2-8H2,1H3,(H,13,14)/t10-/m1/s1. The number of carboxylic acids is 1. The normalized spacial score (nSPS) is 35.2. The van der Waals surface area contributed by atoms with Crippen LogP contribution >= 0.6 is 0 Å². The zero-order valence-electron chi connectivity index (χ0n) is 8.70. The van der Waals surface area contributed by atoms with Gasteiger partial charge in [0.1, 0.15) is 5.54 Å². The summed E-state index contributed by atoms with van der Waals surface area (Å²) in [5, 5.41) is 13.5. The second kappa shape index (κ2) is 3.51. The Balaban J connectivity index is 2.13. The minimum atomic E-state index is -0.679. The van der Waals surface area contributed by atoms with E-state index in [2.05, 4.69) is 10.0 Å². The number of hydrogen-bond donors (Lipinski definition) is 1. The van der Waals surface area contributed by atoms with Crippen LogP contribution in [0.2, 0.25) is 0 Å². The maximum Gasteiger partial charge on any atom is 0.325 e. The molecule has 2 heterocycles. The summed E-state index contributed by atoms with van der Waals surface area (Å²) in [6.45, 7) is 4.81. The first kappa shape index (κ1) is 9.93. The number of hydrazine groups is 1. The number of carbonyl (C=O) groups is 1. The number of carboxylic acid groups (broad SMARTS) is 1. The van der Waals surface area contributed by atoms with Crippen molar-refractivity contribution >= 4 is 5.97 Å². The molecule has 2 aliphatic rings. The molecule has 2 saturated heterocycles. The fourth-order valence-electron chi connectivity index (χ4n) is 2.56. The van der Waals surface area contributed by atoms with Crippen LogP contribution in [-0.4, -0.2) is 46.3 Å². The van der Waals surface area contributed by atoms with Crippen LogP contribution in [0, 0.1) is 0 Å². The minimum Gasteiger partial charge on any atom is -0.480 e. The van der Waals surface area contributed by atoms with Gasteiger partial charge in [0.25, 0.3) is 0 Å².